The number of hydrogen-bond donors (Lipinski definition) is 0. The van der Waals surface area contributed by atoms with Crippen molar-refractivity contribution in [2.45, 2.75) is 19.2 Å². The number of hydrogen-bond acceptors (Lipinski definition) is 2. The van der Waals surface area contributed by atoms with Crippen LogP contribution in [0.1, 0.15) is 27.3 Å². The maximum absolute atomic E-state index is 11.5. The van der Waals surface area contributed by atoms with E-state index in [1.54, 1.807) is 0 Å². The quantitative estimate of drug-likeness (QED) is 0.603. The van der Waals surface area contributed by atoms with Crippen molar-refractivity contribution in [3.05, 3.63) is 22.5 Å². The zero-order chi connectivity index (χ0) is 10.9. The SMILES string of the molecule is COC(=O)c1c(CBr)c(C)n(C)c1C. The van der Waals surface area contributed by atoms with Crippen LogP contribution in [0.2, 0.25) is 0 Å². The number of methoxy groups -OCH3 is 1. The van der Waals surface area contributed by atoms with Crippen LogP contribution in [0, 0.1) is 13.8 Å². The van der Waals surface area contributed by atoms with Crippen LogP contribution >= 0.6 is 15.9 Å². The van der Waals surface area contributed by atoms with Crippen molar-refractivity contribution in [2.24, 2.45) is 7.05 Å². The summed E-state index contributed by atoms with van der Waals surface area (Å²) in [6.45, 7) is 3.92. The molecule has 1 aromatic rings. The van der Waals surface area contributed by atoms with Gasteiger partial charge in [0.2, 0.25) is 0 Å². The normalized spacial score (nSPS) is 10.4. The molecule has 3 nitrogen and oxygen atoms in total. The van der Waals surface area contributed by atoms with Gasteiger partial charge in [0.25, 0.3) is 0 Å². The Morgan fingerprint density at radius 1 is 1.43 bits per heavy atom. The van der Waals surface area contributed by atoms with E-state index in [2.05, 4.69) is 15.9 Å². The summed E-state index contributed by atoms with van der Waals surface area (Å²) in [6, 6.07) is 0. The van der Waals surface area contributed by atoms with E-state index in [0.29, 0.717) is 10.9 Å². The van der Waals surface area contributed by atoms with Gasteiger partial charge in [-0.1, -0.05) is 15.9 Å². The Hall–Kier alpha value is -0.770. The third-order valence-electron chi connectivity index (χ3n) is 2.63. The van der Waals surface area contributed by atoms with E-state index in [1.165, 1.54) is 7.11 Å². The van der Waals surface area contributed by atoms with Crippen LogP contribution in [0.25, 0.3) is 0 Å². The zero-order valence-electron chi connectivity index (χ0n) is 8.85. The van der Waals surface area contributed by atoms with Gasteiger partial charge in [0.05, 0.1) is 12.7 Å². The molecular formula is C10H14BrNO2. The van der Waals surface area contributed by atoms with Crippen LogP contribution in [-0.2, 0) is 17.1 Å². The predicted molar refractivity (Wildman–Crippen MR) is 58.9 cm³/mol. The molecule has 0 N–H and O–H groups in total. The smallest absolute Gasteiger partial charge is 0.340 e. The fraction of sp³-hybridized carbons (Fsp3) is 0.500. The van der Waals surface area contributed by atoms with Crippen LogP contribution in [0.3, 0.4) is 0 Å². The van der Waals surface area contributed by atoms with Gasteiger partial charge in [-0.2, -0.15) is 0 Å². The summed E-state index contributed by atoms with van der Waals surface area (Å²) in [7, 11) is 3.35. The summed E-state index contributed by atoms with van der Waals surface area (Å²) in [5.74, 6) is -0.263. The molecule has 0 amide bonds. The topological polar surface area (TPSA) is 31.2 Å². The molecule has 0 aromatic carbocycles. The van der Waals surface area contributed by atoms with E-state index < -0.39 is 0 Å². The van der Waals surface area contributed by atoms with Gasteiger partial charge in [-0.25, -0.2) is 4.79 Å². The highest BCUT2D eigenvalue weighted by molar-refractivity contribution is 9.08. The van der Waals surface area contributed by atoms with Crippen molar-refractivity contribution in [2.75, 3.05) is 7.11 Å². The molecule has 1 heterocycles. The first-order valence-electron chi connectivity index (χ1n) is 4.33. The number of carbonyl (C=O) groups excluding carboxylic acids is 1. The minimum absolute atomic E-state index is 0.263. The monoisotopic (exact) mass is 259 g/mol. The molecule has 1 rings (SSSR count). The molecular weight excluding hydrogens is 246 g/mol. The number of aromatic nitrogens is 1. The van der Waals surface area contributed by atoms with Gasteiger partial charge >= 0.3 is 5.97 Å². The molecule has 0 bridgehead atoms. The first-order valence-corrected chi connectivity index (χ1v) is 5.45. The van der Waals surface area contributed by atoms with Crippen LogP contribution in [0.15, 0.2) is 0 Å². The fourth-order valence-electron chi connectivity index (χ4n) is 1.56. The van der Waals surface area contributed by atoms with Crippen molar-refractivity contribution in [1.82, 2.24) is 4.57 Å². The van der Waals surface area contributed by atoms with Crippen LogP contribution in [-0.4, -0.2) is 17.6 Å². The first kappa shape index (κ1) is 11.3. The van der Waals surface area contributed by atoms with Gasteiger partial charge in [0.15, 0.2) is 0 Å². The van der Waals surface area contributed by atoms with Crippen molar-refractivity contribution < 1.29 is 9.53 Å². The van der Waals surface area contributed by atoms with Crippen molar-refractivity contribution in [3.63, 3.8) is 0 Å². The number of nitrogens with zero attached hydrogens (tertiary/aromatic N) is 1. The maximum Gasteiger partial charge on any atom is 0.340 e. The third-order valence-corrected chi connectivity index (χ3v) is 3.19. The molecule has 0 aliphatic rings. The minimum atomic E-state index is -0.263. The van der Waals surface area contributed by atoms with E-state index in [9.17, 15) is 4.79 Å². The summed E-state index contributed by atoms with van der Waals surface area (Å²) in [4.78, 5) is 11.5. The Kier molecular flexibility index (Phi) is 3.37. The highest BCUT2D eigenvalue weighted by Crippen LogP contribution is 2.24. The molecule has 0 saturated carbocycles. The lowest BCUT2D eigenvalue weighted by Gasteiger charge is -2.00. The molecule has 4 heteroatoms. The molecule has 0 spiro atoms. The Morgan fingerprint density at radius 3 is 2.43 bits per heavy atom. The Labute approximate surface area is 92.2 Å². The number of alkyl halides is 1. The third kappa shape index (κ3) is 1.59. The first-order chi connectivity index (χ1) is 6.54. The second-order valence-electron chi connectivity index (χ2n) is 3.21. The standard InChI is InChI=1S/C10H14BrNO2/c1-6-8(5-11)9(10(13)14-4)7(2)12(6)3/h5H2,1-4H3. The van der Waals surface area contributed by atoms with E-state index in [0.717, 1.165) is 17.0 Å². The molecule has 14 heavy (non-hydrogen) atoms. The number of rotatable bonds is 2. The lowest BCUT2D eigenvalue weighted by atomic mass is 10.1. The van der Waals surface area contributed by atoms with Gasteiger partial charge in [0, 0.05) is 23.8 Å². The van der Waals surface area contributed by atoms with Gasteiger partial charge < -0.3 is 9.30 Å². The van der Waals surface area contributed by atoms with Crippen LogP contribution in [0.4, 0.5) is 0 Å². The summed E-state index contributed by atoms with van der Waals surface area (Å²) in [6.07, 6.45) is 0. The Bertz CT molecular complexity index is 369. The molecule has 0 atom stereocenters. The lowest BCUT2D eigenvalue weighted by molar-refractivity contribution is 0.0599. The number of esters is 1. The number of carbonyl (C=O) groups is 1. The van der Waals surface area contributed by atoms with Gasteiger partial charge in [-0.3, -0.25) is 0 Å². The van der Waals surface area contributed by atoms with E-state index in [4.69, 9.17) is 4.74 Å². The summed E-state index contributed by atoms with van der Waals surface area (Å²) in [5, 5.41) is 0.672. The molecule has 0 fully saturated rings. The summed E-state index contributed by atoms with van der Waals surface area (Å²) in [5.41, 5.74) is 3.74. The molecule has 0 radical (unpaired) electrons. The highest BCUT2D eigenvalue weighted by atomic mass is 79.9. The average Bonchev–Trinajstić information content (AvgIpc) is 2.41. The highest BCUT2D eigenvalue weighted by Gasteiger charge is 2.20. The fourth-order valence-corrected chi connectivity index (χ4v) is 2.24. The molecule has 1 aromatic heterocycles. The van der Waals surface area contributed by atoms with Gasteiger partial charge in [-0.15, -0.1) is 0 Å². The van der Waals surface area contributed by atoms with Crippen molar-refractivity contribution in [1.29, 1.82) is 0 Å². The summed E-state index contributed by atoms with van der Waals surface area (Å²) >= 11 is 3.38. The molecule has 0 unspecified atom stereocenters. The van der Waals surface area contributed by atoms with Crippen LogP contribution in [0.5, 0.6) is 0 Å². The maximum atomic E-state index is 11.5. The molecule has 0 saturated heterocycles. The van der Waals surface area contributed by atoms with Gasteiger partial charge in [-0.05, 0) is 19.4 Å². The average molecular weight is 260 g/mol. The molecule has 78 valence electrons. The zero-order valence-corrected chi connectivity index (χ0v) is 10.4. The molecule has 0 aliphatic heterocycles. The van der Waals surface area contributed by atoms with E-state index in [-0.39, 0.29) is 5.97 Å². The summed E-state index contributed by atoms with van der Waals surface area (Å²) < 4.78 is 6.76. The second kappa shape index (κ2) is 4.17. The number of ether oxygens (including phenoxy) is 1. The minimum Gasteiger partial charge on any atom is -0.465 e. The largest absolute Gasteiger partial charge is 0.465 e. The second-order valence-corrected chi connectivity index (χ2v) is 3.77. The van der Waals surface area contributed by atoms with E-state index >= 15 is 0 Å². The van der Waals surface area contributed by atoms with Crippen LogP contribution < -0.4 is 0 Å². The van der Waals surface area contributed by atoms with Crippen molar-refractivity contribution >= 4 is 21.9 Å². The Morgan fingerprint density at radius 2 is 2.00 bits per heavy atom. The predicted octanol–water partition coefficient (Wildman–Crippen LogP) is 2.32. The van der Waals surface area contributed by atoms with Gasteiger partial charge in [0.1, 0.15) is 0 Å². The Balaban J connectivity index is 3.40. The molecule has 0 aliphatic carbocycles. The van der Waals surface area contributed by atoms with E-state index in [1.807, 2.05) is 25.5 Å². The van der Waals surface area contributed by atoms with Crippen molar-refractivity contribution in [3.8, 4) is 0 Å². The lowest BCUT2D eigenvalue weighted by Crippen LogP contribution is -2.05. The number of halogens is 1.